The van der Waals surface area contributed by atoms with Crippen molar-refractivity contribution in [2.45, 2.75) is 44.8 Å². The average molecular weight is 281 g/mol. The maximum absolute atomic E-state index is 5.78. The van der Waals surface area contributed by atoms with Gasteiger partial charge in [-0.3, -0.25) is 4.84 Å². The van der Waals surface area contributed by atoms with E-state index in [1.54, 1.807) is 0 Å². The summed E-state index contributed by atoms with van der Waals surface area (Å²) in [5.74, 6) is 0. The molecule has 0 saturated heterocycles. The molecular formula is C19H23NO. The second-order valence-electron chi connectivity index (χ2n) is 5.85. The van der Waals surface area contributed by atoms with Crippen LogP contribution in [0.3, 0.4) is 0 Å². The standard InChI is InChI=1S/C19H23NO/c1-15(20-21-19-9-5-6-10-19)16-11-13-18(14-12-16)17-7-3-2-4-8-17/h2-4,7-8,11-15,19-20H,5-6,9-10H2,1H3. The largest absolute Gasteiger partial charge is 0.298 e. The Morgan fingerprint density at radius 1 is 0.905 bits per heavy atom. The lowest BCUT2D eigenvalue weighted by Crippen LogP contribution is -2.24. The summed E-state index contributed by atoms with van der Waals surface area (Å²) in [5.41, 5.74) is 6.97. The van der Waals surface area contributed by atoms with Crippen LogP contribution in [0, 0.1) is 0 Å². The minimum absolute atomic E-state index is 0.218. The Morgan fingerprint density at radius 3 is 2.19 bits per heavy atom. The third-order valence-corrected chi connectivity index (χ3v) is 4.23. The van der Waals surface area contributed by atoms with Gasteiger partial charge in [0.1, 0.15) is 0 Å². The van der Waals surface area contributed by atoms with Crippen LogP contribution in [0.15, 0.2) is 54.6 Å². The van der Waals surface area contributed by atoms with E-state index in [2.05, 4.69) is 60.9 Å². The molecule has 0 heterocycles. The van der Waals surface area contributed by atoms with Crippen LogP contribution in [0.4, 0.5) is 0 Å². The maximum Gasteiger partial charge on any atom is 0.0790 e. The highest BCUT2D eigenvalue weighted by Gasteiger charge is 2.16. The summed E-state index contributed by atoms with van der Waals surface area (Å²) in [7, 11) is 0. The quantitative estimate of drug-likeness (QED) is 0.789. The van der Waals surface area contributed by atoms with Crippen molar-refractivity contribution in [1.29, 1.82) is 0 Å². The van der Waals surface area contributed by atoms with Crippen molar-refractivity contribution in [2.75, 3.05) is 0 Å². The molecule has 2 nitrogen and oxygen atoms in total. The summed E-state index contributed by atoms with van der Waals surface area (Å²) in [6, 6.07) is 19.4. The van der Waals surface area contributed by atoms with E-state index in [-0.39, 0.29) is 6.04 Å². The van der Waals surface area contributed by atoms with Gasteiger partial charge in [-0.15, -0.1) is 0 Å². The third kappa shape index (κ3) is 3.72. The van der Waals surface area contributed by atoms with Gasteiger partial charge in [0.2, 0.25) is 0 Å². The summed E-state index contributed by atoms with van der Waals surface area (Å²) in [5, 5.41) is 0. The Bertz CT molecular complexity index is 544. The number of hydrogen-bond donors (Lipinski definition) is 1. The molecule has 3 rings (SSSR count). The Balaban J connectivity index is 1.60. The van der Waals surface area contributed by atoms with Gasteiger partial charge in [0.05, 0.1) is 12.1 Å². The van der Waals surface area contributed by atoms with Gasteiger partial charge in [-0.1, -0.05) is 67.4 Å². The first-order chi connectivity index (χ1) is 10.3. The number of benzene rings is 2. The van der Waals surface area contributed by atoms with E-state index in [1.807, 2.05) is 6.07 Å². The third-order valence-electron chi connectivity index (χ3n) is 4.23. The van der Waals surface area contributed by atoms with Crippen LogP contribution in [0.25, 0.3) is 11.1 Å². The van der Waals surface area contributed by atoms with Gasteiger partial charge in [-0.05, 0) is 36.5 Å². The summed E-state index contributed by atoms with van der Waals surface area (Å²) in [4.78, 5) is 5.78. The van der Waals surface area contributed by atoms with Crippen molar-refractivity contribution in [3.05, 3.63) is 60.2 Å². The van der Waals surface area contributed by atoms with Crippen LogP contribution in [-0.4, -0.2) is 6.10 Å². The summed E-state index contributed by atoms with van der Waals surface area (Å²) in [6.45, 7) is 2.15. The van der Waals surface area contributed by atoms with E-state index < -0.39 is 0 Å². The molecule has 0 bridgehead atoms. The van der Waals surface area contributed by atoms with Crippen molar-refractivity contribution in [2.24, 2.45) is 0 Å². The Morgan fingerprint density at radius 2 is 1.52 bits per heavy atom. The van der Waals surface area contributed by atoms with Gasteiger partial charge in [0.15, 0.2) is 0 Å². The van der Waals surface area contributed by atoms with Crippen LogP contribution in [0.1, 0.15) is 44.2 Å². The maximum atomic E-state index is 5.78. The van der Waals surface area contributed by atoms with Crippen molar-refractivity contribution >= 4 is 0 Å². The normalized spacial score (nSPS) is 17.0. The van der Waals surface area contributed by atoms with Gasteiger partial charge in [-0.2, -0.15) is 5.48 Å². The van der Waals surface area contributed by atoms with E-state index in [1.165, 1.54) is 42.4 Å². The zero-order chi connectivity index (χ0) is 14.5. The van der Waals surface area contributed by atoms with E-state index in [0.717, 1.165) is 0 Å². The first-order valence-electron chi connectivity index (χ1n) is 7.89. The average Bonchev–Trinajstić information content (AvgIpc) is 3.07. The number of nitrogens with one attached hydrogen (secondary N) is 1. The van der Waals surface area contributed by atoms with E-state index in [0.29, 0.717) is 6.10 Å². The second-order valence-corrected chi connectivity index (χ2v) is 5.85. The predicted octanol–water partition coefficient (Wildman–Crippen LogP) is 4.88. The Kier molecular flexibility index (Phi) is 4.69. The topological polar surface area (TPSA) is 21.3 Å². The van der Waals surface area contributed by atoms with E-state index in [9.17, 15) is 0 Å². The molecule has 0 aliphatic heterocycles. The second kappa shape index (κ2) is 6.88. The zero-order valence-corrected chi connectivity index (χ0v) is 12.6. The monoisotopic (exact) mass is 281 g/mol. The van der Waals surface area contributed by atoms with Crippen molar-refractivity contribution in [3.63, 3.8) is 0 Å². The molecule has 0 amide bonds. The fourth-order valence-electron chi connectivity index (χ4n) is 2.87. The molecule has 1 fully saturated rings. The highest BCUT2D eigenvalue weighted by atomic mass is 16.7. The molecule has 0 aromatic heterocycles. The molecule has 1 aliphatic rings. The van der Waals surface area contributed by atoms with Crippen LogP contribution >= 0.6 is 0 Å². The minimum atomic E-state index is 0.218. The first kappa shape index (κ1) is 14.3. The molecule has 1 N–H and O–H groups in total. The molecular weight excluding hydrogens is 258 g/mol. The molecule has 2 heteroatoms. The molecule has 2 aromatic carbocycles. The minimum Gasteiger partial charge on any atom is -0.298 e. The molecule has 1 atom stereocenters. The molecule has 0 spiro atoms. The van der Waals surface area contributed by atoms with E-state index in [4.69, 9.17) is 4.84 Å². The van der Waals surface area contributed by atoms with Crippen molar-refractivity contribution < 1.29 is 4.84 Å². The highest BCUT2D eigenvalue weighted by molar-refractivity contribution is 5.63. The number of hydroxylamine groups is 1. The molecule has 110 valence electrons. The lowest BCUT2D eigenvalue weighted by atomic mass is 10.0. The van der Waals surface area contributed by atoms with Crippen molar-refractivity contribution in [3.8, 4) is 11.1 Å². The van der Waals surface area contributed by atoms with Crippen molar-refractivity contribution in [1.82, 2.24) is 5.48 Å². The lowest BCUT2D eigenvalue weighted by Gasteiger charge is -2.18. The molecule has 1 saturated carbocycles. The molecule has 1 aliphatic carbocycles. The summed E-state index contributed by atoms with van der Waals surface area (Å²) < 4.78 is 0. The first-order valence-corrected chi connectivity index (χ1v) is 7.89. The molecule has 0 radical (unpaired) electrons. The van der Waals surface area contributed by atoms with Crippen LogP contribution in [0.2, 0.25) is 0 Å². The SMILES string of the molecule is CC(NOC1CCCC1)c1ccc(-c2ccccc2)cc1. The zero-order valence-electron chi connectivity index (χ0n) is 12.6. The number of rotatable bonds is 5. The van der Waals surface area contributed by atoms with Crippen LogP contribution in [-0.2, 0) is 4.84 Å². The summed E-state index contributed by atoms with van der Waals surface area (Å²) >= 11 is 0. The van der Waals surface area contributed by atoms with Gasteiger partial charge in [0.25, 0.3) is 0 Å². The van der Waals surface area contributed by atoms with Gasteiger partial charge in [-0.25, -0.2) is 0 Å². The fraction of sp³-hybridized carbons (Fsp3) is 0.368. The lowest BCUT2D eigenvalue weighted by molar-refractivity contribution is -0.0376. The smallest absolute Gasteiger partial charge is 0.0790 e. The molecule has 21 heavy (non-hydrogen) atoms. The predicted molar refractivity (Wildman–Crippen MR) is 86.8 cm³/mol. The Labute approximate surface area is 127 Å². The molecule has 1 unspecified atom stereocenters. The van der Waals surface area contributed by atoms with Crippen LogP contribution < -0.4 is 5.48 Å². The van der Waals surface area contributed by atoms with Gasteiger partial charge >= 0.3 is 0 Å². The van der Waals surface area contributed by atoms with Crippen LogP contribution in [0.5, 0.6) is 0 Å². The van der Waals surface area contributed by atoms with Gasteiger partial charge < -0.3 is 0 Å². The van der Waals surface area contributed by atoms with E-state index >= 15 is 0 Å². The summed E-state index contributed by atoms with van der Waals surface area (Å²) in [6.07, 6.45) is 5.37. The van der Waals surface area contributed by atoms with Gasteiger partial charge in [0, 0.05) is 0 Å². The fourth-order valence-corrected chi connectivity index (χ4v) is 2.87. The highest BCUT2D eigenvalue weighted by Crippen LogP contribution is 2.23. The number of hydrogen-bond acceptors (Lipinski definition) is 2. The Hall–Kier alpha value is -1.64. The molecule has 2 aromatic rings.